The number of ether oxygens (including phenoxy) is 2. The van der Waals surface area contributed by atoms with E-state index >= 15 is 0 Å². The molecule has 0 aromatic heterocycles. The SMILES string of the molecule is CCCCCCCCCCCCC/C=C/CCC(=O)OC[C@H](COP(=O)(O)O)OC(=O)CCCCCCCCCCCCCC. The maximum atomic E-state index is 12.3. The molecule has 0 aromatic carbocycles. The number of rotatable bonds is 34. The van der Waals surface area contributed by atoms with Crippen molar-refractivity contribution in [2.75, 3.05) is 13.2 Å². The van der Waals surface area contributed by atoms with Gasteiger partial charge in [-0.1, -0.05) is 161 Å². The van der Waals surface area contributed by atoms with Gasteiger partial charge in [0.15, 0.2) is 6.10 Å². The van der Waals surface area contributed by atoms with E-state index in [1.54, 1.807) is 0 Å². The monoisotopic (exact) mass is 660 g/mol. The van der Waals surface area contributed by atoms with Crippen LogP contribution in [0.5, 0.6) is 0 Å². The van der Waals surface area contributed by atoms with Gasteiger partial charge in [0.2, 0.25) is 0 Å². The molecule has 0 aromatic rings. The maximum absolute atomic E-state index is 12.3. The van der Waals surface area contributed by atoms with Gasteiger partial charge in [-0.2, -0.15) is 0 Å². The van der Waals surface area contributed by atoms with Gasteiger partial charge in [-0.05, 0) is 25.7 Å². The molecule has 8 nitrogen and oxygen atoms in total. The van der Waals surface area contributed by atoms with E-state index in [2.05, 4.69) is 24.4 Å². The number of hydrogen-bond donors (Lipinski definition) is 2. The van der Waals surface area contributed by atoms with Crippen molar-refractivity contribution in [3.8, 4) is 0 Å². The molecule has 0 aliphatic carbocycles. The Kier molecular flexibility index (Phi) is 31.8. The summed E-state index contributed by atoms with van der Waals surface area (Å²) < 4.78 is 26.2. The van der Waals surface area contributed by atoms with Gasteiger partial charge in [0, 0.05) is 12.8 Å². The predicted molar refractivity (Wildman–Crippen MR) is 184 cm³/mol. The van der Waals surface area contributed by atoms with Gasteiger partial charge < -0.3 is 19.3 Å². The third-order valence-electron chi connectivity index (χ3n) is 8.05. The van der Waals surface area contributed by atoms with Gasteiger partial charge in [-0.25, -0.2) is 4.57 Å². The average molecular weight is 661 g/mol. The first-order valence-electron chi connectivity index (χ1n) is 18.5. The molecular weight excluding hydrogens is 591 g/mol. The number of hydrogen-bond acceptors (Lipinski definition) is 6. The highest BCUT2D eigenvalue weighted by molar-refractivity contribution is 7.46. The van der Waals surface area contributed by atoms with Crippen LogP contribution in [0.2, 0.25) is 0 Å². The number of carbonyl (C=O) groups is 2. The second-order valence-electron chi connectivity index (χ2n) is 12.6. The molecule has 0 rings (SSSR count). The lowest BCUT2D eigenvalue weighted by molar-refractivity contribution is -0.161. The minimum Gasteiger partial charge on any atom is -0.462 e. The van der Waals surface area contributed by atoms with E-state index in [9.17, 15) is 14.2 Å². The molecule has 0 bridgehead atoms. The molecule has 45 heavy (non-hydrogen) atoms. The number of allylic oxidation sites excluding steroid dienone is 2. The molecule has 0 amide bonds. The zero-order chi connectivity index (χ0) is 33.3. The van der Waals surface area contributed by atoms with Crippen molar-refractivity contribution in [3.05, 3.63) is 12.2 Å². The molecule has 0 aliphatic rings. The molecule has 0 aliphatic heterocycles. The summed E-state index contributed by atoms with van der Waals surface area (Å²) in [6.07, 6.45) is 33.7. The fraction of sp³-hybridized carbons (Fsp3) is 0.889. The van der Waals surface area contributed by atoms with E-state index in [1.807, 2.05) is 6.08 Å². The van der Waals surface area contributed by atoms with Crippen LogP contribution >= 0.6 is 7.82 Å². The summed E-state index contributed by atoms with van der Waals surface area (Å²) in [5.41, 5.74) is 0. The molecule has 0 fully saturated rings. The molecule has 2 N–H and O–H groups in total. The van der Waals surface area contributed by atoms with Crippen molar-refractivity contribution in [1.29, 1.82) is 0 Å². The van der Waals surface area contributed by atoms with Gasteiger partial charge in [0.05, 0.1) is 6.61 Å². The fourth-order valence-electron chi connectivity index (χ4n) is 5.27. The number of carbonyl (C=O) groups excluding carboxylic acids is 2. The van der Waals surface area contributed by atoms with Gasteiger partial charge in [-0.3, -0.25) is 14.1 Å². The van der Waals surface area contributed by atoms with Gasteiger partial charge >= 0.3 is 19.8 Å². The van der Waals surface area contributed by atoms with Crippen molar-refractivity contribution >= 4 is 19.8 Å². The lowest BCUT2D eigenvalue weighted by atomic mass is 10.0. The summed E-state index contributed by atoms with van der Waals surface area (Å²) in [5, 5.41) is 0. The summed E-state index contributed by atoms with van der Waals surface area (Å²) >= 11 is 0. The molecule has 0 heterocycles. The molecular formula is C36H69O8P. The summed E-state index contributed by atoms with van der Waals surface area (Å²) in [5.74, 6) is -0.935. The van der Waals surface area contributed by atoms with Crippen LogP contribution in [0.3, 0.4) is 0 Å². The van der Waals surface area contributed by atoms with Crippen LogP contribution in [0, 0.1) is 0 Å². The van der Waals surface area contributed by atoms with E-state index in [0.717, 1.165) is 32.1 Å². The van der Waals surface area contributed by atoms with Crippen LogP contribution in [0.4, 0.5) is 0 Å². The highest BCUT2D eigenvalue weighted by Gasteiger charge is 2.22. The fourth-order valence-corrected chi connectivity index (χ4v) is 5.63. The van der Waals surface area contributed by atoms with Crippen LogP contribution in [-0.2, 0) is 28.2 Å². The Morgan fingerprint density at radius 2 is 0.978 bits per heavy atom. The van der Waals surface area contributed by atoms with Crippen molar-refractivity contribution in [1.82, 2.24) is 0 Å². The lowest BCUT2D eigenvalue weighted by Crippen LogP contribution is -2.29. The van der Waals surface area contributed by atoms with Gasteiger partial charge in [0.25, 0.3) is 0 Å². The quantitative estimate of drug-likeness (QED) is 0.0303. The minimum absolute atomic E-state index is 0.188. The zero-order valence-corrected chi connectivity index (χ0v) is 29.9. The Bertz CT molecular complexity index is 751. The first-order chi connectivity index (χ1) is 21.8. The molecule has 0 unspecified atom stereocenters. The Balaban J connectivity index is 3.99. The lowest BCUT2D eigenvalue weighted by Gasteiger charge is -2.18. The largest absolute Gasteiger partial charge is 0.469 e. The second kappa shape index (κ2) is 32.7. The van der Waals surface area contributed by atoms with Crippen molar-refractivity contribution in [2.24, 2.45) is 0 Å². The number of phosphoric ester groups is 1. The Labute approximate surface area is 276 Å². The van der Waals surface area contributed by atoms with E-state index in [4.69, 9.17) is 19.3 Å². The summed E-state index contributed by atoms with van der Waals surface area (Å²) in [4.78, 5) is 42.6. The first kappa shape index (κ1) is 43.8. The zero-order valence-electron chi connectivity index (χ0n) is 29.0. The standard InChI is InChI=1S/C36H69O8P/c1-3-5-7-9-11-13-15-17-18-19-21-22-24-26-28-30-35(37)42-32-34(33-43-45(39,40)41)44-36(38)31-29-27-25-23-20-16-14-12-10-8-6-4-2/h24,26,34H,3-23,25,27-33H2,1-2H3,(H2,39,40,41)/b26-24+/t34-/m1/s1. The van der Waals surface area contributed by atoms with Crippen LogP contribution in [0.1, 0.15) is 187 Å². The van der Waals surface area contributed by atoms with E-state index in [-0.39, 0.29) is 19.4 Å². The van der Waals surface area contributed by atoms with E-state index in [1.165, 1.54) is 116 Å². The molecule has 266 valence electrons. The summed E-state index contributed by atoms with van der Waals surface area (Å²) in [6, 6.07) is 0. The number of phosphoric acid groups is 1. The van der Waals surface area contributed by atoms with Crippen molar-refractivity contribution in [2.45, 2.75) is 193 Å². The van der Waals surface area contributed by atoms with Crippen molar-refractivity contribution in [3.63, 3.8) is 0 Å². The molecule has 0 saturated carbocycles. The summed E-state index contributed by atoms with van der Waals surface area (Å²) in [6.45, 7) is 3.64. The van der Waals surface area contributed by atoms with Crippen molar-refractivity contribution < 1.29 is 37.9 Å². The maximum Gasteiger partial charge on any atom is 0.469 e. The summed E-state index contributed by atoms with van der Waals surface area (Å²) in [7, 11) is -4.75. The first-order valence-corrected chi connectivity index (χ1v) is 20.0. The second-order valence-corrected chi connectivity index (χ2v) is 13.8. The Hall–Kier alpha value is -1.21. The molecule has 0 saturated heterocycles. The smallest absolute Gasteiger partial charge is 0.462 e. The molecule has 9 heteroatoms. The number of unbranched alkanes of at least 4 members (excludes halogenated alkanes) is 22. The highest BCUT2D eigenvalue weighted by atomic mass is 31.2. The van der Waals surface area contributed by atoms with Gasteiger partial charge in [0.1, 0.15) is 6.61 Å². The third-order valence-corrected chi connectivity index (χ3v) is 8.53. The minimum atomic E-state index is -4.75. The molecule has 0 radical (unpaired) electrons. The molecule has 1 atom stereocenters. The topological polar surface area (TPSA) is 119 Å². The molecule has 0 spiro atoms. The Morgan fingerprint density at radius 1 is 0.556 bits per heavy atom. The van der Waals surface area contributed by atoms with Crippen LogP contribution in [-0.4, -0.2) is 41.0 Å². The van der Waals surface area contributed by atoms with Crippen LogP contribution in [0.15, 0.2) is 12.2 Å². The number of esters is 2. The Morgan fingerprint density at radius 3 is 1.44 bits per heavy atom. The highest BCUT2D eigenvalue weighted by Crippen LogP contribution is 2.36. The average Bonchev–Trinajstić information content (AvgIpc) is 3.00. The normalized spacial score (nSPS) is 12.5. The third kappa shape index (κ3) is 35.5. The predicted octanol–water partition coefficient (Wildman–Crippen LogP) is 10.7. The van der Waals surface area contributed by atoms with Gasteiger partial charge in [-0.15, -0.1) is 0 Å². The van der Waals surface area contributed by atoms with E-state index in [0.29, 0.717) is 12.8 Å². The van der Waals surface area contributed by atoms with Crippen LogP contribution < -0.4 is 0 Å². The van der Waals surface area contributed by atoms with E-state index < -0.39 is 32.5 Å². The van der Waals surface area contributed by atoms with Crippen LogP contribution in [0.25, 0.3) is 0 Å².